The lowest BCUT2D eigenvalue weighted by molar-refractivity contribution is -0.126. The Morgan fingerprint density at radius 2 is 1.91 bits per heavy atom. The fourth-order valence-corrected chi connectivity index (χ4v) is 3.06. The van der Waals surface area contributed by atoms with Crippen molar-refractivity contribution in [1.82, 2.24) is 10.2 Å². The molecule has 1 aromatic rings. The molecule has 4 nitrogen and oxygen atoms in total. The van der Waals surface area contributed by atoms with Crippen molar-refractivity contribution < 1.29 is 18.4 Å². The zero-order valence-electron chi connectivity index (χ0n) is 12.6. The van der Waals surface area contributed by atoms with Crippen LogP contribution in [0.25, 0.3) is 0 Å². The normalized spacial score (nSPS) is 24.1. The van der Waals surface area contributed by atoms with E-state index in [0.29, 0.717) is 12.8 Å². The first kappa shape index (κ1) is 15.6. The molecule has 0 bridgehead atoms. The molecule has 1 saturated carbocycles. The smallest absolute Gasteiger partial charge is 0.286 e. The Morgan fingerprint density at radius 1 is 1.26 bits per heavy atom. The van der Waals surface area contributed by atoms with Crippen LogP contribution in [0, 0.1) is 0 Å². The summed E-state index contributed by atoms with van der Waals surface area (Å²) in [5.41, 5.74) is 0.144. The van der Waals surface area contributed by atoms with Crippen LogP contribution in [-0.4, -0.2) is 41.8 Å². The third-order valence-corrected chi connectivity index (χ3v) is 4.62. The number of amides is 2. The van der Waals surface area contributed by atoms with Crippen LogP contribution < -0.4 is 5.32 Å². The summed E-state index contributed by atoms with van der Waals surface area (Å²) in [6, 6.07) is 7.83. The van der Waals surface area contributed by atoms with Gasteiger partial charge in [-0.1, -0.05) is 36.9 Å². The third kappa shape index (κ3) is 2.73. The van der Waals surface area contributed by atoms with Gasteiger partial charge in [0.25, 0.3) is 5.92 Å². The Morgan fingerprint density at radius 3 is 2.48 bits per heavy atom. The number of rotatable bonds is 4. The summed E-state index contributed by atoms with van der Waals surface area (Å²) in [4.78, 5) is 25.1. The molecule has 0 aromatic heterocycles. The molecule has 0 radical (unpaired) electrons. The van der Waals surface area contributed by atoms with E-state index in [1.165, 1.54) is 0 Å². The van der Waals surface area contributed by atoms with Gasteiger partial charge in [-0.15, -0.1) is 0 Å². The molecule has 1 heterocycles. The second-order valence-corrected chi connectivity index (χ2v) is 6.16. The van der Waals surface area contributed by atoms with Gasteiger partial charge in [-0.05, 0) is 24.5 Å². The minimum Gasteiger partial charge on any atom is -0.345 e. The predicted molar refractivity (Wildman–Crippen MR) is 81.0 cm³/mol. The summed E-state index contributed by atoms with van der Waals surface area (Å²) in [5.74, 6) is -4.08. The van der Waals surface area contributed by atoms with Gasteiger partial charge in [0, 0.05) is 6.54 Å². The minimum atomic E-state index is -3.14. The maximum Gasteiger partial charge on any atom is 0.286 e. The number of halogens is 2. The van der Waals surface area contributed by atoms with E-state index in [0.717, 1.165) is 16.5 Å². The number of nitrogens with zero attached hydrogens (tertiary/aromatic N) is 1. The van der Waals surface area contributed by atoms with Crippen molar-refractivity contribution in [3.05, 3.63) is 48.6 Å². The number of likely N-dealkylation sites (tertiary alicyclic amines) is 1. The van der Waals surface area contributed by atoms with Crippen molar-refractivity contribution in [1.29, 1.82) is 0 Å². The maximum atomic E-state index is 14.1. The second kappa shape index (κ2) is 5.44. The Bertz CT molecular complexity index is 641. The quantitative estimate of drug-likeness (QED) is 0.861. The number of alkyl halides is 2. The van der Waals surface area contributed by atoms with Gasteiger partial charge in [0.1, 0.15) is 6.04 Å². The van der Waals surface area contributed by atoms with Gasteiger partial charge in [0.15, 0.2) is 0 Å². The van der Waals surface area contributed by atoms with Crippen LogP contribution in [0.3, 0.4) is 0 Å². The van der Waals surface area contributed by atoms with E-state index in [-0.39, 0.29) is 12.5 Å². The highest BCUT2D eigenvalue weighted by Gasteiger charge is 2.55. The zero-order chi connectivity index (χ0) is 16.7. The van der Waals surface area contributed by atoms with Crippen LogP contribution in [-0.2, 0) is 15.0 Å². The highest BCUT2D eigenvalue weighted by Crippen LogP contribution is 2.48. The number of carbonyl (C=O) groups is 2. The molecule has 1 unspecified atom stereocenters. The van der Waals surface area contributed by atoms with Crippen molar-refractivity contribution in [2.24, 2.45) is 0 Å². The van der Waals surface area contributed by atoms with Crippen molar-refractivity contribution in [2.75, 3.05) is 13.1 Å². The first-order valence-electron chi connectivity index (χ1n) is 7.55. The summed E-state index contributed by atoms with van der Waals surface area (Å²) >= 11 is 0. The van der Waals surface area contributed by atoms with Crippen LogP contribution in [0.15, 0.2) is 43.0 Å². The molecule has 1 N–H and O–H groups in total. The molecule has 1 atom stereocenters. The molecule has 3 rings (SSSR count). The molecule has 0 spiro atoms. The van der Waals surface area contributed by atoms with E-state index in [4.69, 9.17) is 0 Å². The molecule has 6 heteroatoms. The number of benzene rings is 1. The number of hydrogen-bond donors (Lipinski definition) is 1. The molecule has 2 fully saturated rings. The molecular weight excluding hydrogens is 302 g/mol. The van der Waals surface area contributed by atoms with Gasteiger partial charge in [-0.2, -0.15) is 0 Å². The topological polar surface area (TPSA) is 49.4 Å². The summed E-state index contributed by atoms with van der Waals surface area (Å²) in [5, 5.41) is 2.46. The van der Waals surface area contributed by atoms with Gasteiger partial charge < -0.3 is 10.2 Å². The molecule has 1 aliphatic heterocycles. The van der Waals surface area contributed by atoms with Gasteiger partial charge in [-0.25, -0.2) is 8.78 Å². The Balaban J connectivity index is 1.73. The van der Waals surface area contributed by atoms with E-state index in [9.17, 15) is 18.4 Å². The van der Waals surface area contributed by atoms with Crippen molar-refractivity contribution >= 4 is 11.8 Å². The fourth-order valence-electron chi connectivity index (χ4n) is 3.06. The van der Waals surface area contributed by atoms with E-state index >= 15 is 0 Å². The lowest BCUT2D eigenvalue weighted by Gasteiger charge is -2.22. The number of carbonyl (C=O) groups excluding carboxylic acids is 2. The lowest BCUT2D eigenvalue weighted by atomic mass is 9.94. The lowest BCUT2D eigenvalue weighted by Crippen LogP contribution is -2.50. The average Bonchev–Trinajstić information content (AvgIpc) is 3.29. The number of hydrogen-bond acceptors (Lipinski definition) is 2. The molecule has 1 saturated heterocycles. The van der Waals surface area contributed by atoms with Crippen LogP contribution in [0.5, 0.6) is 0 Å². The molecule has 2 amide bonds. The summed E-state index contributed by atoms with van der Waals surface area (Å²) in [6.07, 6.45) is 2.31. The maximum absolute atomic E-state index is 14.1. The predicted octanol–water partition coefficient (Wildman–Crippen LogP) is 1.87. The van der Waals surface area contributed by atoms with Gasteiger partial charge in [-0.3, -0.25) is 9.59 Å². The van der Waals surface area contributed by atoms with Crippen molar-refractivity contribution in [2.45, 2.75) is 30.2 Å². The largest absolute Gasteiger partial charge is 0.345 e. The monoisotopic (exact) mass is 320 g/mol. The Kier molecular flexibility index (Phi) is 3.70. The fraction of sp³-hybridized carbons (Fsp3) is 0.412. The van der Waals surface area contributed by atoms with Crippen LogP contribution >= 0.6 is 0 Å². The number of nitrogens with one attached hydrogen (secondary N) is 1. The molecule has 1 aromatic carbocycles. The Labute approximate surface area is 133 Å². The SMILES string of the molecule is C=CC(=O)N1CC(NC(=O)C2(c3ccccc3)CC2)C(F)(F)C1. The van der Waals surface area contributed by atoms with Crippen molar-refractivity contribution in [3.63, 3.8) is 0 Å². The average molecular weight is 320 g/mol. The van der Waals surface area contributed by atoms with Gasteiger partial charge in [0.2, 0.25) is 11.8 Å². The van der Waals surface area contributed by atoms with E-state index < -0.39 is 29.8 Å². The zero-order valence-corrected chi connectivity index (χ0v) is 12.6. The van der Waals surface area contributed by atoms with Crippen LogP contribution in [0.1, 0.15) is 18.4 Å². The third-order valence-electron chi connectivity index (χ3n) is 4.62. The van der Waals surface area contributed by atoms with Gasteiger partial charge >= 0.3 is 0 Å². The Hall–Kier alpha value is -2.24. The molecule has 1 aliphatic carbocycles. The van der Waals surface area contributed by atoms with Crippen molar-refractivity contribution in [3.8, 4) is 0 Å². The highest BCUT2D eigenvalue weighted by atomic mass is 19.3. The van der Waals surface area contributed by atoms with Gasteiger partial charge in [0.05, 0.1) is 12.0 Å². The molecule has 2 aliphatic rings. The molecule has 122 valence electrons. The highest BCUT2D eigenvalue weighted by molar-refractivity contribution is 5.92. The second-order valence-electron chi connectivity index (χ2n) is 6.16. The summed E-state index contributed by atoms with van der Waals surface area (Å²) < 4.78 is 28.2. The summed E-state index contributed by atoms with van der Waals surface area (Å²) in [7, 11) is 0. The molecule has 23 heavy (non-hydrogen) atoms. The van der Waals surface area contributed by atoms with E-state index in [1.807, 2.05) is 30.3 Å². The van der Waals surface area contributed by atoms with Crippen LogP contribution in [0.4, 0.5) is 8.78 Å². The van der Waals surface area contributed by atoms with E-state index in [1.54, 1.807) is 0 Å². The summed E-state index contributed by atoms with van der Waals surface area (Å²) in [6.45, 7) is 2.41. The molecular formula is C17H18F2N2O2. The standard InChI is InChI=1S/C17H18F2N2O2/c1-2-14(22)21-10-13(17(18,19)11-21)20-15(23)16(8-9-16)12-6-4-3-5-7-12/h2-7,13H,1,8-11H2,(H,20,23). The van der Waals surface area contributed by atoms with E-state index in [2.05, 4.69) is 11.9 Å². The first-order chi connectivity index (χ1) is 10.9. The van der Waals surface area contributed by atoms with Crippen LogP contribution in [0.2, 0.25) is 0 Å². The minimum absolute atomic E-state index is 0.200. The first-order valence-corrected chi connectivity index (χ1v) is 7.55.